The van der Waals surface area contributed by atoms with Crippen LogP contribution in [0.3, 0.4) is 0 Å². The van der Waals surface area contributed by atoms with Crippen molar-refractivity contribution >= 4 is 57.8 Å². The molecule has 0 bridgehead atoms. The summed E-state index contributed by atoms with van der Waals surface area (Å²) < 4.78 is 0. The number of rotatable bonds is 6. The SMILES string of the molecule is O=C(Nc1ccccc1NC(=O)c1cc([N+](=O)[O-])ccc1Cl)c1cc([N+](=O)[O-])ccc1Cl. The van der Waals surface area contributed by atoms with Crippen molar-refractivity contribution in [2.24, 2.45) is 0 Å². The first-order chi connectivity index (χ1) is 15.2. The summed E-state index contributed by atoms with van der Waals surface area (Å²) in [5.74, 6) is -1.48. The van der Waals surface area contributed by atoms with Gasteiger partial charge in [-0.05, 0) is 24.3 Å². The third-order valence-corrected chi connectivity index (χ3v) is 4.89. The molecule has 12 heteroatoms. The Morgan fingerprint density at radius 3 is 1.41 bits per heavy atom. The van der Waals surface area contributed by atoms with E-state index in [-0.39, 0.29) is 43.9 Å². The highest BCUT2D eigenvalue weighted by atomic mass is 35.5. The lowest BCUT2D eigenvalue weighted by molar-refractivity contribution is -0.385. The smallest absolute Gasteiger partial charge is 0.270 e. The zero-order valence-corrected chi connectivity index (χ0v) is 17.4. The molecule has 32 heavy (non-hydrogen) atoms. The molecular weight excluding hydrogens is 463 g/mol. The van der Waals surface area contributed by atoms with Crippen LogP contribution < -0.4 is 10.6 Å². The van der Waals surface area contributed by atoms with E-state index in [4.69, 9.17) is 23.2 Å². The molecule has 0 fully saturated rings. The third kappa shape index (κ3) is 4.99. The van der Waals surface area contributed by atoms with Gasteiger partial charge in [-0.1, -0.05) is 35.3 Å². The number of carbonyl (C=O) groups is 2. The minimum absolute atomic E-state index is 0.00186. The molecule has 0 aliphatic carbocycles. The van der Waals surface area contributed by atoms with Crippen LogP contribution in [0.5, 0.6) is 0 Å². The van der Waals surface area contributed by atoms with Crippen LogP contribution in [0.4, 0.5) is 22.7 Å². The lowest BCUT2D eigenvalue weighted by atomic mass is 10.1. The average Bonchev–Trinajstić information content (AvgIpc) is 2.75. The van der Waals surface area contributed by atoms with Gasteiger partial charge in [-0.25, -0.2) is 0 Å². The molecule has 3 aromatic rings. The maximum atomic E-state index is 12.7. The van der Waals surface area contributed by atoms with Crippen LogP contribution in [0.25, 0.3) is 0 Å². The first-order valence-electron chi connectivity index (χ1n) is 8.77. The number of benzene rings is 3. The first kappa shape index (κ1) is 22.7. The van der Waals surface area contributed by atoms with E-state index in [0.29, 0.717) is 0 Å². The molecule has 2 amide bonds. The second kappa shape index (κ2) is 9.41. The number of nitrogens with zero attached hydrogens (tertiary/aromatic N) is 2. The number of halogens is 2. The fraction of sp³-hybridized carbons (Fsp3) is 0. The van der Waals surface area contributed by atoms with Crippen molar-refractivity contribution in [1.29, 1.82) is 0 Å². The molecule has 0 aliphatic rings. The maximum Gasteiger partial charge on any atom is 0.270 e. The van der Waals surface area contributed by atoms with E-state index >= 15 is 0 Å². The highest BCUT2D eigenvalue weighted by Gasteiger charge is 2.19. The van der Waals surface area contributed by atoms with E-state index in [2.05, 4.69) is 10.6 Å². The Labute approximate surface area is 190 Å². The number of hydrogen-bond donors (Lipinski definition) is 2. The topological polar surface area (TPSA) is 144 Å². The molecule has 0 radical (unpaired) electrons. The summed E-state index contributed by atoms with van der Waals surface area (Å²) >= 11 is 12.0. The van der Waals surface area contributed by atoms with Gasteiger partial charge in [0.05, 0.1) is 42.4 Å². The molecule has 0 spiro atoms. The first-order valence-corrected chi connectivity index (χ1v) is 9.52. The number of carbonyl (C=O) groups excluding carboxylic acids is 2. The summed E-state index contributed by atoms with van der Waals surface area (Å²) in [4.78, 5) is 46.0. The van der Waals surface area contributed by atoms with Gasteiger partial charge in [0.15, 0.2) is 0 Å². The Balaban J connectivity index is 1.87. The second-order valence-electron chi connectivity index (χ2n) is 6.30. The van der Waals surface area contributed by atoms with E-state index in [0.717, 1.165) is 24.3 Å². The standard InChI is InChI=1S/C20H12Cl2N4O6/c21-15-7-5-11(25(29)30)9-13(15)19(27)23-17-3-1-2-4-18(17)24-20(28)14-10-12(26(31)32)6-8-16(14)22/h1-10H,(H,23,27)(H,24,28). The molecule has 10 nitrogen and oxygen atoms in total. The number of nitro benzene ring substituents is 2. The lowest BCUT2D eigenvalue weighted by Crippen LogP contribution is -2.17. The van der Waals surface area contributed by atoms with Crippen molar-refractivity contribution in [3.05, 3.63) is 102 Å². The molecule has 3 rings (SSSR count). The molecule has 162 valence electrons. The zero-order valence-electron chi connectivity index (χ0n) is 15.9. The minimum atomic E-state index is -0.742. The van der Waals surface area contributed by atoms with Crippen LogP contribution in [0.2, 0.25) is 10.0 Å². The van der Waals surface area contributed by atoms with Gasteiger partial charge in [-0.15, -0.1) is 0 Å². The molecule has 0 atom stereocenters. The van der Waals surface area contributed by atoms with Gasteiger partial charge in [0, 0.05) is 24.3 Å². The molecule has 0 unspecified atom stereocenters. The van der Waals surface area contributed by atoms with Crippen molar-refractivity contribution in [2.45, 2.75) is 0 Å². The number of nitro groups is 2. The number of nitrogens with one attached hydrogen (secondary N) is 2. The minimum Gasteiger partial charge on any atom is -0.320 e. The summed E-state index contributed by atoms with van der Waals surface area (Å²) in [6, 6.07) is 13.0. The van der Waals surface area contributed by atoms with Gasteiger partial charge in [0.2, 0.25) is 0 Å². The van der Waals surface area contributed by atoms with Crippen LogP contribution in [0.15, 0.2) is 60.7 Å². The number of anilines is 2. The number of amides is 2. The molecule has 2 N–H and O–H groups in total. The van der Waals surface area contributed by atoms with Crippen LogP contribution in [-0.4, -0.2) is 21.7 Å². The molecule has 0 aliphatic heterocycles. The number of hydrogen-bond acceptors (Lipinski definition) is 6. The second-order valence-corrected chi connectivity index (χ2v) is 7.11. The average molecular weight is 475 g/mol. The molecule has 0 heterocycles. The van der Waals surface area contributed by atoms with Crippen LogP contribution in [-0.2, 0) is 0 Å². The van der Waals surface area contributed by atoms with Crippen LogP contribution >= 0.6 is 23.2 Å². The van der Waals surface area contributed by atoms with Gasteiger partial charge < -0.3 is 10.6 Å². The highest BCUT2D eigenvalue weighted by Crippen LogP contribution is 2.28. The normalized spacial score (nSPS) is 10.3. The Hall–Kier alpha value is -4.02. The summed E-state index contributed by atoms with van der Waals surface area (Å²) in [6.45, 7) is 0. The van der Waals surface area contributed by atoms with E-state index in [1.165, 1.54) is 24.3 Å². The van der Waals surface area contributed by atoms with Crippen molar-refractivity contribution < 1.29 is 19.4 Å². The van der Waals surface area contributed by atoms with Gasteiger partial charge in [0.25, 0.3) is 23.2 Å². The van der Waals surface area contributed by atoms with E-state index in [1.807, 2.05) is 0 Å². The predicted molar refractivity (Wildman–Crippen MR) is 119 cm³/mol. The van der Waals surface area contributed by atoms with Gasteiger partial charge in [0.1, 0.15) is 0 Å². The van der Waals surface area contributed by atoms with E-state index < -0.39 is 21.7 Å². The molecule has 0 saturated heterocycles. The Morgan fingerprint density at radius 1 is 0.688 bits per heavy atom. The summed E-state index contributed by atoms with van der Waals surface area (Å²) in [5, 5.41) is 27.0. The number of para-hydroxylation sites is 2. The monoisotopic (exact) mass is 474 g/mol. The van der Waals surface area contributed by atoms with Crippen LogP contribution in [0, 0.1) is 20.2 Å². The summed E-state index contributed by atoms with van der Waals surface area (Å²) in [6.07, 6.45) is 0. The van der Waals surface area contributed by atoms with Gasteiger partial charge in [-0.2, -0.15) is 0 Å². The summed E-state index contributed by atoms with van der Waals surface area (Å²) in [5.41, 5.74) is -0.583. The molecule has 0 saturated carbocycles. The van der Waals surface area contributed by atoms with Crippen molar-refractivity contribution in [1.82, 2.24) is 0 Å². The zero-order chi connectivity index (χ0) is 23.4. The Morgan fingerprint density at radius 2 is 1.06 bits per heavy atom. The maximum absolute atomic E-state index is 12.7. The van der Waals surface area contributed by atoms with E-state index in [9.17, 15) is 29.8 Å². The lowest BCUT2D eigenvalue weighted by Gasteiger charge is -2.13. The molecular formula is C20H12Cl2N4O6. The van der Waals surface area contributed by atoms with Gasteiger partial charge >= 0.3 is 0 Å². The van der Waals surface area contributed by atoms with Crippen molar-refractivity contribution in [3.8, 4) is 0 Å². The van der Waals surface area contributed by atoms with Gasteiger partial charge in [-0.3, -0.25) is 29.8 Å². The Bertz CT molecular complexity index is 1170. The van der Waals surface area contributed by atoms with Crippen molar-refractivity contribution in [3.63, 3.8) is 0 Å². The molecule has 0 aromatic heterocycles. The highest BCUT2D eigenvalue weighted by molar-refractivity contribution is 6.35. The van der Waals surface area contributed by atoms with Crippen LogP contribution in [0.1, 0.15) is 20.7 Å². The van der Waals surface area contributed by atoms with E-state index in [1.54, 1.807) is 12.1 Å². The fourth-order valence-electron chi connectivity index (χ4n) is 2.68. The molecule has 3 aromatic carbocycles. The van der Waals surface area contributed by atoms with Crippen molar-refractivity contribution in [2.75, 3.05) is 10.6 Å². The largest absolute Gasteiger partial charge is 0.320 e. The predicted octanol–water partition coefficient (Wildman–Crippen LogP) is 5.31. The Kier molecular flexibility index (Phi) is 6.67. The summed E-state index contributed by atoms with van der Waals surface area (Å²) in [7, 11) is 0. The quantitative estimate of drug-likeness (QED) is 0.365. The number of non-ortho nitro benzene ring substituents is 2. The fourth-order valence-corrected chi connectivity index (χ4v) is 3.09. The third-order valence-electron chi connectivity index (χ3n) is 4.23.